The lowest BCUT2D eigenvalue weighted by Crippen LogP contribution is -2.37. The molecule has 5 rings (SSSR count). The van der Waals surface area contributed by atoms with Crippen LogP contribution < -0.4 is 10.1 Å². The number of anilines is 2. The van der Waals surface area contributed by atoms with Crippen molar-refractivity contribution in [2.45, 2.75) is 19.3 Å². The standard InChI is InChI=1S/C24H26F3N7O2/c1-16-13-21(31-30-16)28-22-20-14-19(36-10-2-7-33-8-11-35-12-9-33)15-34(20)32-23(29-22)24(26,27)17-3-5-18(25)6-4-17/h3-6,13-15H,2,7-12H2,1H3,(H2,28,29,30,31,32). The first-order valence-corrected chi connectivity index (χ1v) is 11.7. The maximum Gasteiger partial charge on any atom is 0.333 e. The summed E-state index contributed by atoms with van der Waals surface area (Å²) in [5, 5.41) is 14.0. The molecule has 0 radical (unpaired) electrons. The van der Waals surface area contributed by atoms with E-state index in [-0.39, 0.29) is 5.82 Å². The molecule has 4 heterocycles. The van der Waals surface area contributed by atoms with Gasteiger partial charge in [0.2, 0.25) is 5.82 Å². The number of aryl methyl sites for hydroxylation is 1. The van der Waals surface area contributed by atoms with Gasteiger partial charge in [0, 0.05) is 43.0 Å². The predicted molar refractivity (Wildman–Crippen MR) is 126 cm³/mol. The SMILES string of the molecule is Cc1cc(Nc2nc(C(F)(F)c3ccc(F)cc3)nn3cc(OCCCN4CCOCC4)cc23)n[nH]1. The van der Waals surface area contributed by atoms with Crippen LogP contribution in [0.4, 0.5) is 24.8 Å². The highest BCUT2D eigenvalue weighted by Crippen LogP contribution is 2.35. The minimum atomic E-state index is -3.57. The summed E-state index contributed by atoms with van der Waals surface area (Å²) in [6.07, 6.45) is 2.35. The van der Waals surface area contributed by atoms with E-state index in [1.54, 1.807) is 12.1 Å². The molecule has 0 atom stereocenters. The van der Waals surface area contributed by atoms with Crippen molar-refractivity contribution in [3.05, 3.63) is 65.5 Å². The van der Waals surface area contributed by atoms with Crippen LogP contribution in [0, 0.1) is 12.7 Å². The van der Waals surface area contributed by atoms with Gasteiger partial charge in [-0.25, -0.2) is 13.9 Å². The second-order valence-corrected chi connectivity index (χ2v) is 8.59. The molecule has 0 spiro atoms. The summed E-state index contributed by atoms with van der Waals surface area (Å²) in [6, 6.07) is 7.41. The third kappa shape index (κ3) is 5.29. The zero-order valence-corrected chi connectivity index (χ0v) is 19.7. The maximum atomic E-state index is 15.3. The number of nitrogens with one attached hydrogen (secondary N) is 2. The number of halogens is 3. The number of morpholine rings is 1. The Labute approximate surface area is 205 Å². The van der Waals surface area contributed by atoms with E-state index < -0.39 is 23.1 Å². The summed E-state index contributed by atoms with van der Waals surface area (Å²) < 4.78 is 56.6. The molecular formula is C24H26F3N7O2. The highest BCUT2D eigenvalue weighted by Gasteiger charge is 2.39. The van der Waals surface area contributed by atoms with Gasteiger partial charge in [0.25, 0.3) is 0 Å². The van der Waals surface area contributed by atoms with Crippen LogP contribution in [0.25, 0.3) is 5.52 Å². The Morgan fingerprint density at radius 3 is 2.67 bits per heavy atom. The molecule has 1 saturated heterocycles. The number of hydrogen-bond acceptors (Lipinski definition) is 7. The Bertz CT molecular complexity index is 1320. The van der Waals surface area contributed by atoms with E-state index in [1.165, 1.54) is 10.7 Å². The molecule has 190 valence electrons. The summed E-state index contributed by atoms with van der Waals surface area (Å²) >= 11 is 0. The molecule has 12 heteroatoms. The summed E-state index contributed by atoms with van der Waals surface area (Å²) in [6.45, 7) is 6.44. The van der Waals surface area contributed by atoms with Crippen molar-refractivity contribution in [2.75, 3.05) is 44.8 Å². The van der Waals surface area contributed by atoms with Crippen LogP contribution in [-0.2, 0) is 10.7 Å². The molecule has 0 unspecified atom stereocenters. The molecule has 1 aromatic carbocycles. The largest absolute Gasteiger partial charge is 0.492 e. The predicted octanol–water partition coefficient (Wildman–Crippen LogP) is 3.88. The van der Waals surface area contributed by atoms with Crippen molar-refractivity contribution < 1.29 is 22.6 Å². The zero-order chi connectivity index (χ0) is 25.1. The van der Waals surface area contributed by atoms with Gasteiger partial charge in [-0.1, -0.05) is 0 Å². The van der Waals surface area contributed by atoms with Crippen molar-refractivity contribution in [1.82, 2.24) is 29.7 Å². The molecule has 0 bridgehead atoms. The molecule has 1 aliphatic rings. The molecule has 36 heavy (non-hydrogen) atoms. The second-order valence-electron chi connectivity index (χ2n) is 8.59. The van der Waals surface area contributed by atoms with Crippen LogP contribution in [-0.4, -0.2) is 69.2 Å². The van der Waals surface area contributed by atoms with Gasteiger partial charge in [0.15, 0.2) is 11.6 Å². The number of hydrogen-bond donors (Lipinski definition) is 2. The van der Waals surface area contributed by atoms with E-state index in [2.05, 4.69) is 30.5 Å². The fourth-order valence-electron chi connectivity index (χ4n) is 3.97. The zero-order valence-electron chi connectivity index (χ0n) is 19.7. The van der Waals surface area contributed by atoms with Gasteiger partial charge in [0.1, 0.15) is 17.1 Å². The van der Waals surface area contributed by atoms with Gasteiger partial charge in [-0.05, 0) is 37.6 Å². The molecule has 9 nitrogen and oxygen atoms in total. The summed E-state index contributed by atoms with van der Waals surface area (Å²) in [7, 11) is 0. The molecule has 1 aliphatic heterocycles. The average Bonchev–Trinajstić information content (AvgIpc) is 3.48. The lowest BCUT2D eigenvalue weighted by atomic mass is 10.1. The van der Waals surface area contributed by atoms with Crippen LogP contribution in [0.2, 0.25) is 0 Å². The minimum Gasteiger partial charge on any atom is -0.492 e. The Morgan fingerprint density at radius 2 is 1.94 bits per heavy atom. The summed E-state index contributed by atoms with van der Waals surface area (Å²) in [4.78, 5) is 6.44. The Balaban J connectivity index is 1.41. The topological polar surface area (TPSA) is 92.6 Å². The molecule has 3 aromatic heterocycles. The molecule has 0 saturated carbocycles. The lowest BCUT2D eigenvalue weighted by molar-refractivity contribution is 0.0315. The van der Waals surface area contributed by atoms with Gasteiger partial charge < -0.3 is 14.8 Å². The van der Waals surface area contributed by atoms with Crippen LogP contribution in [0.1, 0.15) is 23.5 Å². The van der Waals surface area contributed by atoms with Gasteiger partial charge in [-0.3, -0.25) is 10.00 Å². The van der Waals surface area contributed by atoms with Crippen LogP contribution in [0.3, 0.4) is 0 Å². The quantitative estimate of drug-likeness (QED) is 0.336. The molecule has 1 fully saturated rings. The Morgan fingerprint density at radius 1 is 1.17 bits per heavy atom. The number of fused-ring (bicyclic) bond motifs is 1. The van der Waals surface area contributed by atoms with E-state index in [0.29, 0.717) is 23.7 Å². The van der Waals surface area contributed by atoms with E-state index >= 15 is 8.78 Å². The summed E-state index contributed by atoms with van der Waals surface area (Å²) in [5.74, 6) is -3.89. The second kappa shape index (κ2) is 10.2. The number of nitrogens with zero attached hydrogens (tertiary/aromatic N) is 5. The van der Waals surface area contributed by atoms with Crippen molar-refractivity contribution in [3.63, 3.8) is 0 Å². The van der Waals surface area contributed by atoms with E-state index in [4.69, 9.17) is 9.47 Å². The molecule has 0 aliphatic carbocycles. The van der Waals surface area contributed by atoms with Crippen LogP contribution in [0.5, 0.6) is 5.75 Å². The highest BCUT2D eigenvalue weighted by molar-refractivity contribution is 5.73. The number of benzene rings is 1. The highest BCUT2D eigenvalue weighted by atomic mass is 19.3. The van der Waals surface area contributed by atoms with Gasteiger partial charge >= 0.3 is 5.92 Å². The first-order chi connectivity index (χ1) is 17.4. The number of rotatable bonds is 9. The van der Waals surface area contributed by atoms with Crippen molar-refractivity contribution >= 4 is 17.2 Å². The lowest BCUT2D eigenvalue weighted by Gasteiger charge is -2.26. The number of alkyl halides is 2. The average molecular weight is 502 g/mol. The number of ether oxygens (including phenoxy) is 2. The summed E-state index contributed by atoms with van der Waals surface area (Å²) in [5.41, 5.74) is 0.813. The van der Waals surface area contributed by atoms with Crippen molar-refractivity contribution in [3.8, 4) is 5.75 Å². The van der Waals surface area contributed by atoms with Crippen molar-refractivity contribution in [2.24, 2.45) is 0 Å². The molecule has 4 aromatic rings. The molecule has 0 amide bonds. The third-order valence-corrected chi connectivity index (χ3v) is 5.87. The van der Waals surface area contributed by atoms with E-state index in [1.807, 2.05) is 6.92 Å². The number of aromatic nitrogens is 5. The Hall–Kier alpha value is -3.64. The van der Waals surface area contributed by atoms with Crippen LogP contribution >= 0.6 is 0 Å². The van der Waals surface area contributed by atoms with Gasteiger partial charge in [-0.15, -0.1) is 5.10 Å². The van der Waals surface area contributed by atoms with Gasteiger partial charge in [-0.2, -0.15) is 13.9 Å². The van der Waals surface area contributed by atoms with E-state index in [9.17, 15) is 4.39 Å². The van der Waals surface area contributed by atoms with E-state index in [0.717, 1.165) is 69.2 Å². The maximum absolute atomic E-state index is 15.3. The first kappa shape index (κ1) is 24.1. The van der Waals surface area contributed by atoms with Crippen molar-refractivity contribution in [1.29, 1.82) is 0 Å². The third-order valence-electron chi connectivity index (χ3n) is 5.87. The number of aromatic amines is 1. The molecular weight excluding hydrogens is 475 g/mol. The fraction of sp³-hybridized carbons (Fsp3) is 0.375. The van der Waals surface area contributed by atoms with Crippen LogP contribution in [0.15, 0.2) is 42.6 Å². The minimum absolute atomic E-state index is 0.136. The first-order valence-electron chi connectivity index (χ1n) is 11.7. The monoisotopic (exact) mass is 501 g/mol. The number of H-pyrrole nitrogens is 1. The normalized spacial score (nSPS) is 14.9. The fourth-order valence-corrected chi connectivity index (χ4v) is 3.97. The Kier molecular flexibility index (Phi) is 6.79. The van der Waals surface area contributed by atoms with Gasteiger partial charge in [0.05, 0.1) is 26.0 Å². The smallest absolute Gasteiger partial charge is 0.333 e. The molecule has 2 N–H and O–H groups in total.